The lowest BCUT2D eigenvalue weighted by Gasteiger charge is -2.22. The summed E-state index contributed by atoms with van der Waals surface area (Å²) >= 11 is 7.75. The van der Waals surface area contributed by atoms with Crippen LogP contribution in [0.3, 0.4) is 0 Å². The molecule has 0 aliphatic carbocycles. The van der Waals surface area contributed by atoms with Gasteiger partial charge in [-0.15, -0.1) is 11.3 Å². The van der Waals surface area contributed by atoms with E-state index in [1.54, 1.807) is 25.3 Å². The molecule has 0 fully saturated rings. The van der Waals surface area contributed by atoms with Gasteiger partial charge in [0.05, 0.1) is 23.1 Å². The third-order valence-electron chi connectivity index (χ3n) is 5.65. The van der Waals surface area contributed by atoms with Crippen LogP contribution >= 0.6 is 22.9 Å². The molecule has 8 nitrogen and oxygen atoms in total. The molecule has 1 N–H and O–H groups in total. The molecule has 0 radical (unpaired) electrons. The number of thiazole rings is 1. The van der Waals surface area contributed by atoms with Gasteiger partial charge >= 0.3 is 0 Å². The Morgan fingerprint density at radius 2 is 1.89 bits per heavy atom. The second-order valence-corrected chi connectivity index (χ2v) is 10.4. The first-order valence-corrected chi connectivity index (χ1v) is 12.7. The first kappa shape index (κ1) is 27.3. The van der Waals surface area contributed by atoms with Crippen molar-refractivity contribution in [1.82, 2.24) is 24.8 Å². The molecule has 0 atom stereocenters. The Hall–Kier alpha value is -3.70. The van der Waals surface area contributed by atoms with E-state index in [2.05, 4.69) is 20.3 Å². The van der Waals surface area contributed by atoms with Gasteiger partial charge < -0.3 is 10.1 Å². The summed E-state index contributed by atoms with van der Waals surface area (Å²) in [6.07, 6.45) is 2.51. The molecule has 0 saturated heterocycles. The molecule has 0 aromatic carbocycles. The number of aromatic nitrogens is 4. The molecule has 1 amide bonds. The zero-order chi connectivity index (χ0) is 27.8. The fourth-order valence-corrected chi connectivity index (χ4v) is 4.93. The quantitative estimate of drug-likeness (QED) is 0.332. The molecule has 198 valence electrons. The van der Waals surface area contributed by atoms with Crippen LogP contribution in [0.25, 0.3) is 17.1 Å². The number of aryl methyl sites for hydroxylation is 2. The van der Waals surface area contributed by atoms with Crippen molar-refractivity contribution >= 4 is 28.8 Å². The molecule has 0 aliphatic rings. The van der Waals surface area contributed by atoms with Gasteiger partial charge in [-0.3, -0.25) is 24.1 Å². The average molecular weight is 560 g/mol. The van der Waals surface area contributed by atoms with Gasteiger partial charge in [0.1, 0.15) is 39.6 Å². The van der Waals surface area contributed by atoms with Crippen LogP contribution in [0.4, 0.5) is 8.78 Å². The third-order valence-corrected chi connectivity index (χ3v) is 7.17. The Morgan fingerprint density at radius 3 is 2.58 bits per heavy atom. The summed E-state index contributed by atoms with van der Waals surface area (Å²) in [5.41, 5.74) is 1.58. The Labute approximate surface area is 226 Å². The first-order chi connectivity index (χ1) is 17.9. The normalized spacial score (nSPS) is 11.5. The summed E-state index contributed by atoms with van der Waals surface area (Å²) in [6.45, 7) is 8.35. The van der Waals surface area contributed by atoms with Gasteiger partial charge in [0.25, 0.3) is 5.56 Å². The van der Waals surface area contributed by atoms with E-state index < -0.39 is 22.7 Å². The standard InChI is InChI=1S/C26H24ClF2N5O3S/c1-13-9-30-18(20-12-38-25(32-20)26(4,5)33-15(3)35)8-21(13)34-14(2)6-22(23(27)24(34)36)37-11-19-17(29)7-16(28)10-31-19/h6-10,12H,11H2,1-5H3,(H,33,35). The van der Waals surface area contributed by atoms with Crippen molar-refractivity contribution in [3.63, 3.8) is 0 Å². The van der Waals surface area contributed by atoms with E-state index in [1.165, 1.54) is 22.8 Å². The number of amides is 1. The van der Waals surface area contributed by atoms with Gasteiger partial charge in [0, 0.05) is 36.3 Å². The molecule has 4 aromatic heterocycles. The molecule has 0 bridgehead atoms. The Morgan fingerprint density at radius 1 is 1.16 bits per heavy atom. The van der Waals surface area contributed by atoms with Gasteiger partial charge in [-0.1, -0.05) is 11.6 Å². The first-order valence-electron chi connectivity index (χ1n) is 11.4. The smallest absolute Gasteiger partial charge is 0.277 e. The molecular formula is C26H24ClF2N5O3S. The molecule has 4 heterocycles. The van der Waals surface area contributed by atoms with E-state index in [1.807, 2.05) is 26.2 Å². The van der Waals surface area contributed by atoms with Crippen molar-refractivity contribution in [2.45, 2.75) is 46.8 Å². The largest absolute Gasteiger partial charge is 0.485 e. The molecule has 0 spiro atoms. The summed E-state index contributed by atoms with van der Waals surface area (Å²) in [5.74, 6) is -1.79. The zero-order valence-electron chi connectivity index (χ0n) is 21.2. The van der Waals surface area contributed by atoms with Crippen LogP contribution in [0.2, 0.25) is 5.02 Å². The molecule has 0 saturated carbocycles. The van der Waals surface area contributed by atoms with E-state index >= 15 is 0 Å². The highest BCUT2D eigenvalue weighted by molar-refractivity contribution is 7.10. The van der Waals surface area contributed by atoms with Gasteiger partial charge in [-0.05, 0) is 39.3 Å². The van der Waals surface area contributed by atoms with Gasteiger partial charge in [0.15, 0.2) is 5.82 Å². The minimum absolute atomic E-state index is 0.0484. The zero-order valence-corrected chi connectivity index (χ0v) is 22.8. The van der Waals surface area contributed by atoms with Crippen molar-refractivity contribution in [1.29, 1.82) is 0 Å². The number of carbonyl (C=O) groups is 1. The number of pyridine rings is 3. The van der Waals surface area contributed by atoms with Crippen LogP contribution in [-0.4, -0.2) is 25.4 Å². The number of nitrogens with zero attached hydrogens (tertiary/aromatic N) is 4. The second kappa shape index (κ2) is 10.6. The lowest BCUT2D eigenvalue weighted by molar-refractivity contribution is -0.120. The highest BCUT2D eigenvalue weighted by Crippen LogP contribution is 2.30. The molecular weight excluding hydrogens is 536 g/mol. The van der Waals surface area contributed by atoms with Gasteiger partial charge in [-0.25, -0.2) is 13.8 Å². The summed E-state index contributed by atoms with van der Waals surface area (Å²) in [6, 6.07) is 4.00. The van der Waals surface area contributed by atoms with Crippen molar-refractivity contribution in [3.8, 4) is 22.8 Å². The number of carbonyl (C=O) groups excluding carboxylic acids is 1. The Kier molecular flexibility index (Phi) is 7.61. The van der Waals surface area contributed by atoms with E-state index in [-0.39, 0.29) is 29.0 Å². The number of halogens is 3. The highest BCUT2D eigenvalue weighted by atomic mass is 35.5. The predicted octanol–water partition coefficient (Wildman–Crippen LogP) is 5.25. The third kappa shape index (κ3) is 5.58. The highest BCUT2D eigenvalue weighted by Gasteiger charge is 2.26. The summed E-state index contributed by atoms with van der Waals surface area (Å²) in [4.78, 5) is 37.7. The minimum Gasteiger partial charge on any atom is -0.485 e. The average Bonchev–Trinajstić information content (AvgIpc) is 3.33. The second-order valence-electron chi connectivity index (χ2n) is 9.18. The van der Waals surface area contributed by atoms with Crippen LogP contribution in [-0.2, 0) is 16.9 Å². The summed E-state index contributed by atoms with van der Waals surface area (Å²) < 4.78 is 34.0. The SMILES string of the molecule is CC(=O)NC(C)(C)c1nc(-c2cc(-n3c(C)cc(OCc4ncc(F)cc4F)c(Cl)c3=O)c(C)cn2)cs1. The van der Waals surface area contributed by atoms with E-state index in [4.69, 9.17) is 16.3 Å². The van der Waals surface area contributed by atoms with Gasteiger partial charge in [-0.2, -0.15) is 0 Å². The molecule has 12 heteroatoms. The molecule has 38 heavy (non-hydrogen) atoms. The molecule has 0 unspecified atom stereocenters. The van der Waals surface area contributed by atoms with Crippen LogP contribution in [0.5, 0.6) is 5.75 Å². The maximum absolute atomic E-state index is 13.9. The topological polar surface area (TPSA) is 99.0 Å². The van der Waals surface area contributed by atoms with Crippen LogP contribution in [0, 0.1) is 25.5 Å². The number of hydrogen-bond donors (Lipinski definition) is 1. The van der Waals surface area contributed by atoms with Crippen molar-refractivity contribution in [2.75, 3.05) is 0 Å². The Bertz CT molecular complexity index is 1600. The van der Waals surface area contributed by atoms with E-state index in [0.717, 1.165) is 11.8 Å². The fraction of sp³-hybridized carbons (Fsp3) is 0.269. The monoisotopic (exact) mass is 559 g/mol. The van der Waals surface area contributed by atoms with Crippen molar-refractivity contribution < 1.29 is 18.3 Å². The summed E-state index contributed by atoms with van der Waals surface area (Å²) in [5, 5.41) is 5.21. The number of ether oxygens (including phenoxy) is 1. The van der Waals surface area contributed by atoms with Crippen molar-refractivity contribution in [3.05, 3.63) is 84.9 Å². The lowest BCUT2D eigenvalue weighted by Crippen LogP contribution is -2.39. The Balaban J connectivity index is 1.68. The van der Waals surface area contributed by atoms with Gasteiger partial charge in [0.2, 0.25) is 5.91 Å². The molecule has 4 aromatic rings. The number of rotatable bonds is 7. The molecule has 4 rings (SSSR count). The predicted molar refractivity (Wildman–Crippen MR) is 141 cm³/mol. The van der Waals surface area contributed by atoms with E-state index in [9.17, 15) is 18.4 Å². The number of hydrogen-bond acceptors (Lipinski definition) is 7. The summed E-state index contributed by atoms with van der Waals surface area (Å²) in [7, 11) is 0. The van der Waals surface area contributed by atoms with Crippen LogP contribution in [0.15, 0.2) is 40.8 Å². The minimum atomic E-state index is -0.864. The number of nitrogens with one attached hydrogen (secondary N) is 1. The van der Waals surface area contributed by atoms with E-state index in [0.29, 0.717) is 33.8 Å². The molecule has 0 aliphatic heterocycles. The maximum Gasteiger partial charge on any atom is 0.277 e. The van der Waals surface area contributed by atoms with Crippen LogP contribution < -0.4 is 15.6 Å². The van der Waals surface area contributed by atoms with Crippen LogP contribution in [0.1, 0.15) is 42.7 Å². The fourth-order valence-electron chi connectivity index (χ4n) is 3.85. The van der Waals surface area contributed by atoms with Crippen molar-refractivity contribution in [2.24, 2.45) is 0 Å². The maximum atomic E-state index is 13.9. The lowest BCUT2D eigenvalue weighted by atomic mass is 10.1.